The molecule has 6 heteroatoms. The molecule has 3 aromatic rings. The van der Waals surface area contributed by atoms with Gasteiger partial charge in [0.1, 0.15) is 5.75 Å². The minimum absolute atomic E-state index is 0.158. The van der Waals surface area contributed by atoms with Crippen LogP contribution in [0.25, 0.3) is 0 Å². The van der Waals surface area contributed by atoms with Crippen molar-refractivity contribution in [2.75, 3.05) is 50.6 Å². The molecule has 1 heterocycles. The minimum atomic E-state index is 0.158. The second kappa shape index (κ2) is 11.1. The molecule has 4 rings (SSSR count). The normalized spacial score (nSPS) is 13.6. The third-order valence-electron chi connectivity index (χ3n) is 6.14. The zero-order chi connectivity index (χ0) is 23.9. The van der Waals surface area contributed by atoms with Crippen molar-refractivity contribution < 1.29 is 9.53 Å². The Morgan fingerprint density at radius 3 is 2.24 bits per heavy atom. The first-order chi connectivity index (χ1) is 16.5. The Kier molecular flexibility index (Phi) is 7.70. The van der Waals surface area contributed by atoms with E-state index in [9.17, 15) is 4.79 Å². The van der Waals surface area contributed by atoms with Crippen molar-refractivity contribution in [3.8, 4) is 5.75 Å². The van der Waals surface area contributed by atoms with Crippen LogP contribution in [0.15, 0.2) is 72.8 Å². The van der Waals surface area contributed by atoms with E-state index in [1.54, 1.807) is 7.11 Å². The number of carbonyl (C=O) groups excluding carboxylic acids is 1. The Morgan fingerprint density at radius 2 is 1.53 bits per heavy atom. The summed E-state index contributed by atoms with van der Waals surface area (Å²) in [6.07, 6.45) is 0. The van der Waals surface area contributed by atoms with Crippen LogP contribution in [-0.2, 0) is 24.4 Å². The summed E-state index contributed by atoms with van der Waals surface area (Å²) in [5.41, 5.74) is 5.90. The Balaban J connectivity index is 1.61. The highest BCUT2D eigenvalue weighted by Crippen LogP contribution is 2.25. The van der Waals surface area contributed by atoms with Gasteiger partial charge in [-0.25, -0.2) is 0 Å². The maximum absolute atomic E-state index is 12.3. The quantitative estimate of drug-likeness (QED) is 0.527. The molecule has 0 aliphatic carbocycles. The van der Waals surface area contributed by atoms with Gasteiger partial charge in [-0.3, -0.25) is 4.79 Å². The Bertz CT molecular complexity index is 1110. The van der Waals surface area contributed by atoms with Gasteiger partial charge in [0.15, 0.2) is 0 Å². The van der Waals surface area contributed by atoms with Crippen molar-refractivity contribution in [1.82, 2.24) is 10.2 Å². The molecule has 0 unspecified atom stereocenters. The van der Waals surface area contributed by atoms with Gasteiger partial charge in [-0.1, -0.05) is 36.4 Å². The van der Waals surface area contributed by atoms with Crippen molar-refractivity contribution in [1.29, 1.82) is 0 Å². The molecule has 0 aromatic heterocycles. The van der Waals surface area contributed by atoms with Gasteiger partial charge in [-0.05, 0) is 53.1 Å². The van der Waals surface area contributed by atoms with Crippen molar-refractivity contribution >= 4 is 17.3 Å². The molecule has 1 amide bonds. The number of ether oxygens (including phenoxy) is 1. The van der Waals surface area contributed by atoms with Crippen LogP contribution in [0, 0.1) is 0 Å². The lowest BCUT2D eigenvalue weighted by Gasteiger charge is -2.29. The lowest BCUT2D eigenvalue weighted by Crippen LogP contribution is -2.47. The monoisotopic (exact) mass is 458 g/mol. The minimum Gasteiger partial charge on any atom is -0.497 e. The highest BCUT2D eigenvalue weighted by Gasteiger charge is 2.18. The van der Waals surface area contributed by atoms with Gasteiger partial charge < -0.3 is 24.8 Å². The average Bonchev–Trinajstić information content (AvgIpc) is 2.85. The lowest BCUT2D eigenvalue weighted by atomic mass is 10.1. The number of hydrogen-bond donors (Lipinski definition) is 1. The van der Waals surface area contributed by atoms with E-state index in [1.807, 2.05) is 17.0 Å². The second-order valence-electron chi connectivity index (χ2n) is 8.93. The summed E-state index contributed by atoms with van der Waals surface area (Å²) >= 11 is 0. The van der Waals surface area contributed by atoms with E-state index in [1.165, 1.54) is 16.8 Å². The predicted molar refractivity (Wildman–Crippen MR) is 138 cm³/mol. The first kappa shape index (κ1) is 23.6. The topological polar surface area (TPSA) is 48.1 Å². The molecule has 0 spiro atoms. The molecule has 0 saturated carbocycles. The van der Waals surface area contributed by atoms with E-state index in [-0.39, 0.29) is 5.91 Å². The van der Waals surface area contributed by atoms with Crippen LogP contribution in [0.1, 0.15) is 16.7 Å². The summed E-state index contributed by atoms with van der Waals surface area (Å²) in [5, 5.41) is 3.14. The van der Waals surface area contributed by atoms with E-state index >= 15 is 0 Å². The Morgan fingerprint density at radius 1 is 0.882 bits per heavy atom. The third-order valence-corrected chi connectivity index (χ3v) is 6.14. The zero-order valence-corrected chi connectivity index (χ0v) is 20.3. The first-order valence-electron chi connectivity index (χ1n) is 11.7. The Hall–Kier alpha value is -3.51. The summed E-state index contributed by atoms with van der Waals surface area (Å²) < 4.78 is 5.45. The molecule has 6 nitrogen and oxygen atoms in total. The fraction of sp³-hybridized carbons (Fsp3) is 0.321. The van der Waals surface area contributed by atoms with Crippen LogP contribution in [0.4, 0.5) is 11.4 Å². The van der Waals surface area contributed by atoms with Gasteiger partial charge in [0.2, 0.25) is 5.91 Å². The van der Waals surface area contributed by atoms with E-state index in [4.69, 9.17) is 4.74 Å². The van der Waals surface area contributed by atoms with Gasteiger partial charge in [0.05, 0.1) is 13.7 Å². The van der Waals surface area contributed by atoms with Crippen molar-refractivity contribution in [3.63, 3.8) is 0 Å². The summed E-state index contributed by atoms with van der Waals surface area (Å²) in [6, 6.07) is 25.4. The molecule has 3 aromatic carbocycles. The number of nitrogens with zero attached hydrogens (tertiary/aromatic N) is 3. The van der Waals surface area contributed by atoms with Crippen molar-refractivity contribution in [2.24, 2.45) is 0 Å². The maximum Gasteiger partial charge on any atom is 0.236 e. The second-order valence-corrected chi connectivity index (χ2v) is 8.93. The maximum atomic E-state index is 12.3. The molecule has 1 fully saturated rings. The highest BCUT2D eigenvalue weighted by molar-refractivity contribution is 5.79. The molecule has 1 aliphatic rings. The molecule has 178 valence electrons. The van der Waals surface area contributed by atoms with Crippen LogP contribution in [0.5, 0.6) is 5.75 Å². The number of carbonyl (C=O) groups is 1. The van der Waals surface area contributed by atoms with Crippen LogP contribution in [0.3, 0.4) is 0 Å². The number of hydrogen-bond acceptors (Lipinski definition) is 5. The summed E-state index contributed by atoms with van der Waals surface area (Å²) in [6.45, 7) is 4.17. The molecule has 0 bridgehead atoms. The summed E-state index contributed by atoms with van der Waals surface area (Å²) in [4.78, 5) is 18.7. The molecule has 34 heavy (non-hydrogen) atoms. The van der Waals surface area contributed by atoms with Gasteiger partial charge in [0.25, 0.3) is 0 Å². The van der Waals surface area contributed by atoms with Crippen LogP contribution in [-0.4, -0.2) is 51.6 Å². The van der Waals surface area contributed by atoms with Gasteiger partial charge >= 0.3 is 0 Å². The molecule has 1 aliphatic heterocycles. The van der Waals surface area contributed by atoms with Gasteiger partial charge in [-0.2, -0.15) is 0 Å². The van der Waals surface area contributed by atoms with Gasteiger partial charge in [0, 0.05) is 58.2 Å². The molecule has 1 saturated heterocycles. The predicted octanol–water partition coefficient (Wildman–Crippen LogP) is 3.90. The standard InChI is InChI=1S/C28H34N4O2/c1-30(2)25-10-4-7-22(15-25)20-32(21-24-9-6-12-27(17-24)34-3)26-11-5-8-23(16-26)19-31-14-13-29-18-28(31)33/h4-12,15-17,29H,13-14,18-21H2,1-3H3. The molecular formula is C28H34N4O2. The van der Waals surface area contributed by atoms with E-state index in [0.29, 0.717) is 13.1 Å². The largest absolute Gasteiger partial charge is 0.497 e. The molecule has 1 N–H and O–H groups in total. The number of methoxy groups -OCH3 is 1. The van der Waals surface area contributed by atoms with E-state index < -0.39 is 0 Å². The smallest absolute Gasteiger partial charge is 0.236 e. The third kappa shape index (κ3) is 6.08. The fourth-order valence-electron chi connectivity index (χ4n) is 4.27. The van der Waals surface area contributed by atoms with E-state index in [2.05, 4.69) is 89.9 Å². The zero-order valence-electron chi connectivity index (χ0n) is 20.3. The van der Waals surface area contributed by atoms with E-state index in [0.717, 1.165) is 43.2 Å². The Labute approximate surface area is 202 Å². The summed E-state index contributed by atoms with van der Waals surface area (Å²) in [5.74, 6) is 1.02. The number of rotatable bonds is 9. The van der Waals surface area contributed by atoms with Crippen molar-refractivity contribution in [2.45, 2.75) is 19.6 Å². The van der Waals surface area contributed by atoms with Crippen LogP contribution < -0.4 is 19.9 Å². The average molecular weight is 459 g/mol. The molecule has 0 atom stereocenters. The highest BCUT2D eigenvalue weighted by atomic mass is 16.5. The number of nitrogens with one attached hydrogen (secondary N) is 1. The molecular weight excluding hydrogens is 424 g/mol. The SMILES string of the molecule is COc1cccc(CN(Cc2cccc(N(C)C)c2)c2cccc(CN3CCNCC3=O)c2)c1. The fourth-order valence-corrected chi connectivity index (χ4v) is 4.27. The number of benzene rings is 3. The van der Waals surface area contributed by atoms with Crippen LogP contribution in [0.2, 0.25) is 0 Å². The van der Waals surface area contributed by atoms with Gasteiger partial charge in [-0.15, -0.1) is 0 Å². The lowest BCUT2D eigenvalue weighted by molar-refractivity contribution is -0.132. The molecule has 0 radical (unpaired) electrons. The number of piperazine rings is 1. The summed E-state index contributed by atoms with van der Waals surface area (Å²) in [7, 11) is 5.83. The number of amides is 1. The van der Waals surface area contributed by atoms with Crippen LogP contribution >= 0.6 is 0 Å². The number of anilines is 2. The van der Waals surface area contributed by atoms with Crippen molar-refractivity contribution in [3.05, 3.63) is 89.5 Å². The first-order valence-corrected chi connectivity index (χ1v) is 11.7.